The minimum absolute atomic E-state index is 0.146. The highest BCUT2D eigenvalue weighted by Gasteiger charge is 2.23. The van der Waals surface area contributed by atoms with E-state index in [4.69, 9.17) is 4.98 Å². The zero-order valence-corrected chi connectivity index (χ0v) is 16.7. The van der Waals surface area contributed by atoms with Crippen LogP contribution in [0.25, 0.3) is 11.4 Å². The predicted molar refractivity (Wildman–Crippen MR) is 110 cm³/mol. The van der Waals surface area contributed by atoms with Gasteiger partial charge >= 0.3 is 0 Å². The van der Waals surface area contributed by atoms with Crippen molar-refractivity contribution in [2.45, 2.75) is 45.7 Å². The van der Waals surface area contributed by atoms with Crippen LogP contribution in [0, 0.1) is 13.8 Å². The van der Waals surface area contributed by atoms with E-state index in [1.807, 2.05) is 32.0 Å². The minimum atomic E-state index is 0.146. The van der Waals surface area contributed by atoms with Crippen molar-refractivity contribution < 1.29 is 0 Å². The van der Waals surface area contributed by atoms with Crippen LogP contribution in [0.5, 0.6) is 0 Å². The Balaban J connectivity index is 1.40. The SMILES string of the molecule is Cc1cc(N2CCC(N[C@@H](C)c3n[nH]c(C)n3)CC2)nc(-c2ccccc2)n1. The van der Waals surface area contributed by atoms with Gasteiger partial charge in [-0.15, -0.1) is 0 Å². The molecule has 146 valence electrons. The first-order valence-corrected chi connectivity index (χ1v) is 9.89. The number of hydrogen-bond donors (Lipinski definition) is 2. The van der Waals surface area contributed by atoms with Crippen LogP contribution < -0.4 is 10.2 Å². The van der Waals surface area contributed by atoms with Crippen LogP contribution >= 0.6 is 0 Å². The van der Waals surface area contributed by atoms with Gasteiger partial charge < -0.3 is 10.2 Å². The lowest BCUT2D eigenvalue weighted by Crippen LogP contribution is -2.43. The molecule has 2 N–H and O–H groups in total. The Bertz CT molecular complexity index is 914. The number of rotatable bonds is 5. The third-order valence-electron chi connectivity index (χ3n) is 5.18. The molecular weight excluding hydrogens is 350 g/mol. The van der Waals surface area contributed by atoms with Gasteiger partial charge in [0.15, 0.2) is 11.6 Å². The highest BCUT2D eigenvalue weighted by atomic mass is 15.2. The fourth-order valence-electron chi connectivity index (χ4n) is 3.69. The van der Waals surface area contributed by atoms with Gasteiger partial charge in [0.05, 0.1) is 6.04 Å². The Morgan fingerprint density at radius 3 is 2.50 bits per heavy atom. The van der Waals surface area contributed by atoms with Crippen LogP contribution in [0.3, 0.4) is 0 Å². The van der Waals surface area contributed by atoms with E-state index in [0.717, 1.165) is 60.5 Å². The van der Waals surface area contributed by atoms with Crippen molar-refractivity contribution in [1.29, 1.82) is 0 Å². The summed E-state index contributed by atoms with van der Waals surface area (Å²) in [5, 5.41) is 10.8. The van der Waals surface area contributed by atoms with E-state index in [0.29, 0.717) is 6.04 Å². The summed E-state index contributed by atoms with van der Waals surface area (Å²) in [4.78, 5) is 16.2. The second kappa shape index (κ2) is 8.06. The maximum absolute atomic E-state index is 4.83. The summed E-state index contributed by atoms with van der Waals surface area (Å²) in [7, 11) is 0. The molecule has 4 rings (SSSR count). The Morgan fingerprint density at radius 2 is 1.82 bits per heavy atom. The van der Waals surface area contributed by atoms with Crippen molar-refractivity contribution in [2.75, 3.05) is 18.0 Å². The second-order valence-corrected chi connectivity index (χ2v) is 7.49. The summed E-state index contributed by atoms with van der Waals surface area (Å²) >= 11 is 0. The smallest absolute Gasteiger partial charge is 0.167 e. The quantitative estimate of drug-likeness (QED) is 0.710. The number of nitrogens with zero attached hydrogens (tertiary/aromatic N) is 5. The van der Waals surface area contributed by atoms with Gasteiger partial charge in [-0.2, -0.15) is 5.10 Å². The Labute approximate surface area is 165 Å². The largest absolute Gasteiger partial charge is 0.356 e. The number of nitrogens with one attached hydrogen (secondary N) is 2. The van der Waals surface area contributed by atoms with E-state index in [1.54, 1.807) is 0 Å². The standard InChI is InChI=1S/C21H27N7/c1-14-13-19(25-21(22-14)17-7-5-4-6-8-17)28-11-9-18(10-12-28)23-15(2)20-24-16(3)26-27-20/h4-8,13,15,18,23H,9-12H2,1-3H3,(H,24,26,27)/t15-/m0/s1. The number of aromatic nitrogens is 5. The van der Waals surface area contributed by atoms with Crippen LogP contribution in [0.1, 0.15) is 43.1 Å². The van der Waals surface area contributed by atoms with Gasteiger partial charge in [-0.25, -0.2) is 15.0 Å². The highest BCUT2D eigenvalue weighted by Crippen LogP contribution is 2.23. The first kappa shape index (κ1) is 18.6. The fourth-order valence-corrected chi connectivity index (χ4v) is 3.69. The number of piperidine rings is 1. The van der Waals surface area contributed by atoms with Crippen LogP contribution in [0.15, 0.2) is 36.4 Å². The summed E-state index contributed by atoms with van der Waals surface area (Å²) in [6, 6.07) is 12.9. The van der Waals surface area contributed by atoms with E-state index in [-0.39, 0.29) is 6.04 Å². The summed E-state index contributed by atoms with van der Waals surface area (Å²) in [5.74, 6) is 3.50. The molecule has 0 saturated carbocycles. The molecule has 3 aromatic rings. The number of benzene rings is 1. The summed E-state index contributed by atoms with van der Waals surface area (Å²) in [6.45, 7) is 8.03. The van der Waals surface area contributed by atoms with Gasteiger partial charge in [0.2, 0.25) is 0 Å². The van der Waals surface area contributed by atoms with Crippen LogP contribution in [0.2, 0.25) is 0 Å². The molecule has 28 heavy (non-hydrogen) atoms. The van der Waals surface area contributed by atoms with Gasteiger partial charge in [0.1, 0.15) is 11.6 Å². The van der Waals surface area contributed by atoms with Crippen molar-refractivity contribution in [2.24, 2.45) is 0 Å². The molecule has 2 aromatic heterocycles. The van der Waals surface area contributed by atoms with Crippen molar-refractivity contribution >= 4 is 5.82 Å². The molecule has 0 radical (unpaired) electrons. The van der Waals surface area contributed by atoms with Crippen LogP contribution in [-0.4, -0.2) is 44.3 Å². The van der Waals surface area contributed by atoms with Gasteiger partial charge in [-0.05, 0) is 33.6 Å². The summed E-state index contributed by atoms with van der Waals surface area (Å²) < 4.78 is 0. The monoisotopic (exact) mass is 377 g/mol. The third-order valence-corrected chi connectivity index (χ3v) is 5.18. The summed E-state index contributed by atoms with van der Waals surface area (Å²) in [5.41, 5.74) is 2.05. The van der Waals surface area contributed by atoms with Gasteiger partial charge in [0, 0.05) is 36.5 Å². The minimum Gasteiger partial charge on any atom is -0.356 e. The third kappa shape index (κ3) is 4.20. The molecule has 1 aromatic carbocycles. The molecule has 7 nitrogen and oxygen atoms in total. The number of anilines is 1. The molecule has 1 saturated heterocycles. The Kier molecular flexibility index (Phi) is 5.34. The molecular formula is C21H27N7. The topological polar surface area (TPSA) is 82.6 Å². The normalized spacial score (nSPS) is 16.3. The molecule has 7 heteroatoms. The van der Waals surface area contributed by atoms with Gasteiger partial charge in [0.25, 0.3) is 0 Å². The van der Waals surface area contributed by atoms with Crippen molar-refractivity contribution in [3.05, 3.63) is 53.7 Å². The summed E-state index contributed by atoms with van der Waals surface area (Å²) in [6.07, 6.45) is 2.13. The number of hydrogen-bond acceptors (Lipinski definition) is 6. The number of aryl methyl sites for hydroxylation is 2. The van der Waals surface area contributed by atoms with E-state index in [1.165, 1.54) is 0 Å². The molecule has 3 heterocycles. The molecule has 0 spiro atoms. The van der Waals surface area contributed by atoms with Crippen LogP contribution in [0.4, 0.5) is 5.82 Å². The average molecular weight is 377 g/mol. The molecule has 0 bridgehead atoms. The van der Waals surface area contributed by atoms with Gasteiger partial charge in [-0.1, -0.05) is 30.3 Å². The van der Waals surface area contributed by atoms with Crippen molar-refractivity contribution in [3.63, 3.8) is 0 Å². The molecule has 1 atom stereocenters. The molecule has 0 aliphatic carbocycles. The number of H-pyrrole nitrogens is 1. The molecule has 1 aliphatic rings. The molecule has 0 amide bonds. The lowest BCUT2D eigenvalue weighted by molar-refractivity contribution is 0.373. The Hall–Kier alpha value is -2.80. The fraction of sp³-hybridized carbons (Fsp3) is 0.429. The number of aromatic amines is 1. The van der Waals surface area contributed by atoms with Crippen molar-refractivity contribution in [3.8, 4) is 11.4 Å². The zero-order valence-electron chi connectivity index (χ0n) is 16.7. The van der Waals surface area contributed by atoms with Gasteiger partial charge in [-0.3, -0.25) is 5.10 Å². The van der Waals surface area contributed by atoms with Crippen LogP contribution in [-0.2, 0) is 0 Å². The molecule has 1 fully saturated rings. The molecule has 1 aliphatic heterocycles. The predicted octanol–water partition coefficient (Wildman–Crippen LogP) is 3.20. The molecule has 0 unspecified atom stereocenters. The van der Waals surface area contributed by atoms with E-state index < -0.39 is 0 Å². The van der Waals surface area contributed by atoms with E-state index >= 15 is 0 Å². The first-order chi connectivity index (χ1) is 13.6. The highest BCUT2D eigenvalue weighted by molar-refractivity contribution is 5.57. The average Bonchev–Trinajstić information content (AvgIpc) is 3.15. The van der Waals surface area contributed by atoms with E-state index in [2.05, 4.69) is 55.5 Å². The first-order valence-electron chi connectivity index (χ1n) is 9.89. The lowest BCUT2D eigenvalue weighted by atomic mass is 10.0. The zero-order chi connectivity index (χ0) is 19.5. The Morgan fingerprint density at radius 1 is 1.07 bits per heavy atom. The second-order valence-electron chi connectivity index (χ2n) is 7.49. The lowest BCUT2D eigenvalue weighted by Gasteiger charge is -2.34. The maximum atomic E-state index is 4.83. The van der Waals surface area contributed by atoms with E-state index in [9.17, 15) is 0 Å². The van der Waals surface area contributed by atoms with Crippen molar-refractivity contribution in [1.82, 2.24) is 30.5 Å². The maximum Gasteiger partial charge on any atom is 0.167 e.